The van der Waals surface area contributed by atoms with Gasteiger partial charge in [0, 0.05) is 38.2 Å². The Balaban J connectivity index is 0.990. The van der Waals surface area contributed by atoms with Crippen LogP contribution in [0.1, 0.15) is 0 Å². The first-order valence-corrected chi connectivity index (χ1v) is 22.2. The third-order valence-electron chi connectivity index (χ3n) is 13.9. The van der Waals surface area contributed by atoms with Crippen LogP contribution in [0.2, 0.25) is 0 Å². The molecule has 0 bridgehead atoms. The lowest BCUT2D eigenvalue weighted by molar-refractivity contribution is 1.18. The Hall–Kier alpha value is -8.46. The molecule has 0 aliphatic heterocycles. The highest BCUT2D eigenvalue weighted by Crippen LogP contribution is 2.51. The first-order chi connectivity index (χ1) is 31.8. The Morgan fingerprint density at radius 1 is 0.250 bits per heavy atom. The van der Waals surface area contributed by atoms with Crippen LogP contribution in [0.3, 0.4) is 0 Å². The van der Waals surface area contributed by atoms with Crippen LogP contribution < -0.4 is 0 Å². The minimum absolute atomic E-state index is 1.16. The summed E-state index contributed by atoms with van der Waals surface area (Å²) in [6, 6.07) is 85.3. The molecule has 0 unspecified atom stereocenters. The highest BCUT2D eigenvalue weighted by atomic mass is 15.0. The molecule has 13 aromatic rings. The van der Waals surface area contributed by atoms with Gasteiger partial charge < -0.3 is 9.13 Å². The fourth-order valence-electron chi connectivity index (χ4n) is 11.1. The lowest BCUT2D eigenvalue weighted by atomic mass is 9.89. The largest absolute Gasteiger partial charge is 0.309 e. The number of rotatable bonds is 5. The second-order valence-electron chi connectivity index (χ2n) is 17.2. The second-order valence-corrected chi connectivity index (χ2v) is 17.2. The van der Waals surface area contributed by atoms with Gasteiger partial charge in [0.25, 0.3) is 0 Å². The number of fused-ring (bicyclic) bond motifs is 11. The average Bonchev–Trinajstić information content (AvgIpc) is 4.00. The Bertz CT molecular complexity index is 4040. The van der Waals surface area contributed by atoms with E-state index in [9.17, 15) is 0 Å². The molecule has 0 amide bonds. The van der Waals surface area contributed by atoms with E-state index in [1.54, 1.807) is 0 Å². The van der Waals surface area contributed by atoms with Crippen LogP contribution in [0.4, 0.5) is 0 Å². The van der Waals surface area contributed by atoms with Gasteiger partial charge in [-0.15, -0.1) is 0 Å². The number of nitrogens with zero attached hydrogens (tertiary/aromatic N) is 2. The molecule has 1 aliphatic carbocycles. The fourth-order valence-corrected chi connectivity index (χ4v) is 11.1. The van der Waals surface area contributed by atoms with E-state index >= 15 is 0 Å². The summed E-state index contributed by atoms with van der Waals surface area (Å²) in [5.41, 5.74) is 19.7. The molecule has 0 fully saturated rings. The molecule has 1 aliphatic rings. The van der Waals surface area contributed by atoms with Gasteiger partial charge in [-0.25, -0.2) is 0 Å². The summed E-state index contributed by atoms with van der Waals surface area (Å²) in [5.74, 6) is 0. The van der Waals surface area contributed by atoms with Crippen LogP contribution in [0.5, 0.6) is 0 Å². The van der Waals surface area contributed by atoms with Crippen molar-refractivity contribution in [2.75, 3.05) is 0 Å². The van der Waals surface area contributed by atoms with E-state index in [4.69, 9.17) is 0 Å². The van der Waals surface area contributed by atoms with Crippen molar-refractivity contribution in [3.05, 3.63) is 231 Å². The first-order valence-electron chi connectivity index (χ1n) is 22.2. The van der Waals surface area contributed by atoms with Gasteiger partial charge in [-0.1, -0.05) is 188 Å². The van der Waals surface area contributed by atoms with Crippen molar-refractivity contribution in [2.45, 2.75) is 0 Å². The van der Waals surface area contributed by atoms with E-state index in [2.05, 4.69) is 240 Å². The summed E-state index contributed by atoms with van der Waals surface area (Å²) in [6.07, 6.45) is 0. The van der Waals surface area contributed by atoms with Gasteiger partial charge in [0.2, 0.25) is 0 Å². The number of aromatic nitrogens is 2. The van der Waals surface area contributed by atoms with Crippen LogP contribution in [0.25, 0.3) is 132 Å². The van der Waals surface area contributed by atoms with Crippen molar-refractivity contribution < 1.29 is 0 Å². The molecule has 0 saturated carbocycles. The van der Waals surface area contributed by atoms with Crippen molar-refractivity contribution in [1.29, 1.82) is 0 Å². The van der Waals surface area contributed by atoms with Crippen molar-refractivity contribution in [3.8, 4) is 67.0 Å². The third kappa shape index (κ3) is 4.96. The predicted molar refractivity (Wildman–Crippen MR) is 271 cm³/mol. The first kappa shape index (κ1) is 35.2. The quantitative estimate of drug-likeness (QED) is 0.164. The maximum Gasteiger partial charge on any atom is 0.0619 e. The van der Waals surface area contributed by atoms with Crippen molar-refractivity contribution >= 4 is 65.2 Å². The molecule has 2 heterocycles. The standard InChI is InChI=1S/C62H38N2/c1-2-16-42(17-3-1)63-57-27-12-11-24-50(57)51-32-30-41(38-60(51)63)40-31-36-59-56(37-40)55-33-29-39-15-4-5-18-43(39)62(55)64(59)58-28-13-10-23-49(58)45-20-7-6-19-44(45)48-34-35-54-47-22-9-8-21-46(47)52-25-14-26-53(48)61(52)54/h1-38H. The molecule has 0 N–H and O–H groups in total. The number of hydrogen-bond acceptors (Lipinski definition) is 0. The molecule has 14 rings (SSSR count). The Labute approximate surface area is 370 Å². The minimum Gasteiger partial charge on any atom is -0.309 e. The Morgan fingerprint density at radius 2 is 0.797 bits per heavy atom. The van der Waals surface area contributed by atoms with E-state index < -0.39 is 0 Å². The number of benzene rings is 11. The molecule has 0 saturated heterocycles. The zero-order chi connectivity index (χ0) is 41.9. The van der Waals surface area contributed by atoms with Crippen LogP contribution in [0, 0.1) is 0 Å². The van der Waals surface area contributed by atoms with Gasteiger partial charge in [-0.2, -0.15) is 0 Å². The Kier molecular flexibility index (Phi) is 7.43. The van der Waals surface area contributed by atoms with E-state index in [1.165, 1.54) is 121 Å². The molecule has 0 atom stereocenters. The van der Waals surface area contributed by atoms with Crippen molar-refractivity contribution in [3.63, 3.8) is 0 Å². The van der Waals surface area contributed by atoms with E-state index in [1.807, 2.05) is 0 Å². The van der Waals surface area contributed by atoms with Crippen LogP contribution in [0.15, 0.2) is 231 Å². The predicted octanol–water partition coefficient (Wildman–Crippen LogP) is 16.8. The summed E-state index contributed by atoms with van der Waals surface area (Å²) in [6.45, 7) is 0. The van der Waals surface area contributed by atoms with Gasteiger partial charge in [-0.05, 0) is 109 Å². The van der Waals surface area contributed by atoms with E-state index in [0.717, 1.165) is 11.4 Å². The van der Waals surface area contributed by atoms with Crippen molar-refractivity contribution in [1.82, 2.24) is 9.13 Å². The second kappa shape index (κ2) is 13.5. The molecule has 296 valence electrons. The molecule has 2 nitrogen and oxygen atoms in total. The minimum atomic E-state index is 1.16. The average molecular weight is 811 g/mol. The molecular weight excluding hydrogens is 773 g/mol. The molecule has 0 radical (unpaired) electrons. The van der Waals surface area contributed by atoms with Gasteiger partial charge >= 0.3 is 0 Å². The van der Waals surface area contributed by atoms with Crippen LogP contribution in [-0.2, 0) is 0 Å². The SMILES string of the molecule is c1ccc(-n2c3ccccc3c3ccc(-c4ccc5c(c4)c4ccc6ccccc6c4n5-c4ccccc4-c4ccccc4-c4ccc5c6c(cccc46)-c4ccccc4-5)cc32)cc1. The lowest BCUT2D eigenvalue weighted by Crippen LogP contribution is -1.99. The lowest BCUT2D eigenvalue weighted by Gasteiger charge is -2.18. The summed E-state index contributed by atoms with van der Waals surface area (Å²) in [5, 5.41) is 10.1. The molecule has 64 heavy (non-hydrogen) atoms. The summed E-state index contributed by atoms with van der Waals surface area (Å²) in [7, 11) is 0. The van der Waals surface area contributed by atoms with Crippen LogP contribution in [-0.4, -0.2) is 9.13 Å². The smallest absolute Gasteiger partial charge is 0.0619 e. The third-order valence-corrected chi connectivity index (χ3v) is 13.9. The molecule has 2 heteroatoms. The summed E-state index contributed by atoms with van der Waals surface area (Å²) in [4.78, 5) is 0. The van der Waals surface area contributed by atoms with Gasteiger partial charge in [0.05, 0.1) is 27.8 Å². The molecular formula is C62H38N2. The zero-order valence-electron chi connectivity index (χ0n) is 34.8. The summed E-state index contributed by atoms with van der Waals surface area (Å²) >= 11 is 0. The Morgan fingerprint density at radius 3 is 1.62 bits per heavy atom. The van der Waals surface area contributed by atoms with Crippen LogP contribution >= 0.6 is 0 Å². The number of hydrogen-bond donors (Lipinski definition) is 0. The zero-order valence-corrected chi connectivity index (χ0v) is 34.8. The topological polar surface area (TPSA) is 9.86 Å². The molecule has 2 aromatic heterocycles. The highest BCUT2D eigenvalue weighted by molar-refractivity contribution is 6.21. The maximum atomic E-state index is 2.53. The van der Waals surface area contributed by atoms with Gasteiger partial charge in [0.1, 0.15) is 0 Å². The van der Waals surface area contributed by atoms with E-state index in [0.29, 0.717) is 0 Å². The van der Waals surface area contributed by atoms with Crippen molar-refractivity contribution in [2.24, 2.45) is 0 Å². The molecule has 11 aromatic carbocycles. The van der Waals surface area contributed by atoms with Gasteiger partial charge in [0.15, 0.2) is 0 Å². The fraction of sp³-hybridized carbons (Fsp3) is 0. The van der Waals surface area contributed by atoms with E-state index in [-0.39, 0.29) is 0 Å². The normalized spacial score (nSPS) is 12.1. The highest BCUT2D eigenvalue weighted by Gasteiger charge is 2.25. The molecule has 0 spiro atoms. The number of para-hydroxylation sites is 3. The summed E-state index contributed by atoms with van der Waals surface area (Å²) < 4.78 is 4.94. The monoisotopic (exact) mass is 810 g/mol. The maximum absolute atomic E-state index is 2.53. The van der Waals surface area contributed by atoms with Gasteiger partial charge in [-0.3, -0.25) is 0 Å².